The zero-order chi connectivity index (χ0) is 25.3. The minimum atomic E-state index is -3.22. The van der Waals surface area contributed by atoms with Crippen molar-refractivity contribution in [3.05, 3.63) is 49.6 Å². The Morgan fingerprint density at radius 2 is 1.28 bits per heavy atom. The molecule has 2 aromatic heterocycles. The van der Waals surface area contributed by atoms with Gasteiger partial charge >= 0.3 is 5.20 Å². The standard InChI is InChI=1S/C6H15N.C5HCl2N3.C5H2ClN3O.Cl3OP/c1-4-7(5-2)6-3;6-4-3(1-8)5(7)10-2-9-4;6-4-3(1-7)5(10)9-2-8-4;1-5(2,3)4/h4-6H2,1-3H3;2H;2H,(H,8,9,10);. The summed E-state index contributed by atoms with van der Waals surface area (Å²) in [6.45, 7) is 10.1. The number of rotatable bonds is 3. The largest absolute Gasteiger partial charge is 0.339 e. The molecule has 0 saturated heterocycles. The molecule has 0 bridgehead atoms. The van der Waals surface area contributed by atoms with Gasteiger partial charge in [0.1, 0.15) is 24.0 Å². The first kappa shape index (κ1) is 33.0. The van der Waals surface area contributed by atoms with Crippen LogP contribution in [-0.2, 0) is 4.57 Å². The molecule has 0 spiro atoms. The monoisotopic (exact) mass is 581 g/mol. The van der Waals surface area contributed by atoms with Gasteiger partial charge in [0.15, 0.2) is 21.0 Å². The molecular formula is C16H18Cl6N7O2P. The van der Waals surface area contributed by atoms with E-state index in [1.807, 2.05) is 0 Å². The zero-order valence-electron chi connectivity index (χ0n) is 17.0. The van der Waals surface area contributed by atoms with Gasteiger partial charge in [0.25, 0.3) is 5.56 Å². The van der Waals surface area contributed by atoms with Crippen LogP contribution in [0.5, 0.6) is 0 Å². The van der Waals surface area contributed by atoms with Gasteiger partial charge in [0.2, 0.25) is 0 Å². The molecule has 2 rings (SSSR count). The number of aromatic nitrogens is 4. The van der Waals surface area contributed by atoms with E-state index in [1.54, 1.807) is 12.1 Å². The molecule has 0 atom stereocenters. The Kier molecular flexibility index (Phi) is 18.9. The molecule has 9 nitrogen and oxygen atoms in total. The molecule has 0 amide bonds. The maximum Gasteiger partial charge on any atom is 0.339 e. The summed E-state index contributed by atoms with van der Waals surface area (Å²) >= 11 is 30.2. The van der Waals surface area contributed by atoms with E-state index < -0.39 is 10.8 Å². The molecule has 0 fully saturated rings. The average Bonchev–Trinajstić information content (AvgIpc) is 2.69. The van der Waals surface area contributed by atoms with Gasteiger partial charge in [-0.3, -0.25) is 9.36 Å². The molecule has 0 aromatic carbocycles. The molecule has 0 aliphatic heterocycles. The molecule has 0 unspecified atom stereocenters. The topological polar surface area (TPSA) is 139 Å². The molecule has 0 saturated carbocycles. The van der Waals surface area contributed by atoms with E-state index in [4.69, 9.17) is 45.3 Å². The van der Waals surface area contributed by atoms with Gasteiger partial charge in [0.05, 0.1) is 6.33 Å². The van der Waals surface area contributed by atoms with Gasteiger partial charge < -0.3 is 9.88 Å². The minimum absolute atomic E-state index is 0.0637. The summed E-state index contributed by atoms with van der Waals surface area (Å²) in [4.78, 5) is 25.9. The van der Waals surface area contributed by atoms with Gasteiger partial charge in [-0.2, -0.15) is 10.5 Å². The van der Waals surface area contributed by atoms with Crippen LogP contribution in [0.2, 0.25) is 15.5 Å². The Morgan fingerprint density at radius 3 is 1.50 bits per heavy atom. The highest BCUT2D eigenvalue weighted by molar-refractivity contribution is 8.24. The van der Waals surface area contributed by atoms with Crippen molar-refractivity contribution in [3.63, 3.8) is 0 Å². The van der Waals surface area contributed by atoms with Crippen molar-refractivity contribution in [2.45, 2.75) is 20.8 Å². The Morgan fingerprint density at radius 1 is 0.906 bits per heavy atom. The number of hydrogen-bond acceptors (Lipinski definition) is 8. The molecule has 0 radical (unpaired) electrons. The number of nitrogens with one attached hydrogen (secondary N) is 1. The van der Waals surface area contributed by atoms with Crippen molar-refractivity contribution in [1.29, 1.82) is 10.5 Å². The van der Waals surface area contributed by atoms with Gasteiger partial charge in [-0.15, -0.1) is 0 Å². The second-order valence-electron chi connectivity index (χ2n) is 4.97. The van der Waals surface area contributed by atoms with Crippen LogP contribution >= 0.6 is 73.7 Å². The molecule has 2 aromatic rings. The Bertz CT molecular complexity index is 981. The van der Waals surface area contributed by atoms with Crippen LogP contribution in [-0.4, -0.2) is 44.5 Å². The molecule has 0 aliphatic carbocycles. The van der Waals surface area contributed by atoms with Gasteiger partial charge in [-0.25, -0.2) is 15.0 Å². The zero-order valence-corrected chi connectivity index (χ0v) is 22.4. The predicted molar refractivity (Wildman–Crippen MR) is 130 cm³/mol. The van der Waals surface area contributed by atoms with E-state index >= 15 is 0 Å². The Labute approximate surface area is 214 Å². The summed E-state index contributed by atoms with van der Waals surface area (Å²) in [5.41, 5.74) is -0.544. The summed E-state index contributed by atoms with van der Waals surface area (Å²) in [6.07, 6.45) is 2.34. The fourth-order valence-electron chi connectivity index (χ4n) is 1.58. The summed E-state index contributed by atoms with van der Waals surface area (Å²) < 4.78 is 9.51. The molecule has 0 aliphatic rings. The Hall–Kier alpha value is -1.13. The molecule has 16 heteroatoms. The number of nitriles is 2. The SMILES string of the molecule is CCN(CC)CC.N#Cc1c(Cl)nc[nH]c1=O.N#Cc1c(Cl)ncnc1Cl.O=P(Cl)(Cl)Cl. The van der Waals surface area contributed by atoms with E-state index in [9.17, 15) is 9.36 Å². The van der Waals surface area contributed by atoms with Crippen LogP contribution in [0.4, 0.5) is 0 Å². The smallest absolute Gasteiger partial charge is 0.312 e. The highest BCUT2D eigenvalue weighted by Crippen LogP contribution is 2.61. The minimum Gasteiger partial charge on any atom is -0.312 e. The fourth-order valence-corrected chi connectivity index (χ4v) is 2.16. The van der Waals surface area contributed by atoms with E-state index in [-0.39, 0.29) is 26.6 Å². The van der Waals surface area contributed by atoms with Gasteiger partial charge in [0, 0.05) is 0 Å². The first-order chi connectivity index (χ1) is 14.9. The summed E-state index contributed by atoms with van der Waals surface area (Å²) in [5, 5.41) is 13.6. The lowest BCUT2D eigenvalue weighted by molar-refractivity contribution is 0.321. The van der Waals surface area contributed by atoms with Crippen LogP contribution in [0, 0.1) is 22.7 Å². The van der Waals surface area contributed by atoms with Crippen LogP contribution in [0.15, 0.2) is 17.4 Å². The first-order valence-electron chi connectivity index (χ1n) is 8.46. The second-order valence-corrected chi connectivity index (χ2v) is 12.7. The lowest BCUT2D eigenvalue weighted by Gasteiger charge is -2.13. The number of H-pyrrole nitrogens is 1. The molecule has 1 N–H and O–H groups in total. The summed E-state index contributed by atoms with van der Waals surface area (Å²) in [5.74, 6) is 0. The highest BCUT2D eigenvalue weighted by Gasteiger charge is 2.05. The van der Waals surface area contributed by atoms with E-state index in [0.717, 1.165) is 6.33 Å². The summed E-state index contributed by atoms with van der Waals surface area (Å²) in [6, 6.07) is 3.40. The van der Waals surface area contributed by atoms with Gasteiger partial charge in [-0.1, -0.05) is 55.6 Å². The van der Waals surface area contributed by atoms with Crippen LogP contribution < -0.4 is 5.56 Å². The fraction of sp³-hybridized carbons (Fsp3) is 0.375. The maximum atomic E-state index is 10.7. The number of hydrogen-bond donors (Lipinski definition) is 1. The first-order valence-corrected chi connectivity index (χ1v) is 14.0. The van der Waals surface area contributed by atoms with Crippen LogP contribution in [0.25, 0.3) is 0 Å². The van der Waals surface area contributed by atoms with Crippen LogP contribution in [0.1, 0.15) is 31.9 Å². The van der Waals surface area contributed by atoms with Crippen molar-refractivity contribution in [3.8, 4) is 12.1 Å². The lowest BCUT2D eigenvalue weighted by atomic mass is 10.4. The predicted octanol–water partition coefficient (Wildman–Crippen LogP) is 6.11. The Balaban J connectivity index is 0. The number of halogens is 6. The quantitative estimate of drug-likeness (QED) is 0.337. The van der Waals surface area contributed by atoms with Crippen LogP contribution in [0.3, 0.4) is 0 Å². The third-order valence-electron chi connectivity index (χ3n) is 3.13. The van der Waals surface area contributed by atoms with Gasteiger partial charge in [-0.05, 0) is 53.4 Å². The van der Waals surface area contributed by atoms with E-state index in [2.05, 4.69) is 79.3 Å². The van der Waals surface area contributed by atoms with E-state index in [1.165, 1.54) is 26.0 Å². The summed E-state index contributed by atoms with van der Waals surface area (Å²) in [7, 11) is 0. The number of nitrogens with zero attached hydrogens (tertiary/aromatic N) is 6. The van der Waals surface area contributed by atoms with Crippen molar-refractivity contribution < 1.29 is 4.57 Å². The molecular weight excluding hydrogens is 566 g/mol. The highest BCUT2D eigenvalue weighted by atomic mass is 36.0. The van der Waals surface area contributed by atoms with Crippen molar-refractivity contribution in [1.82, 2.24) is 24.8 Å². The number of aromatic amines is 1. The lowest BCUT2D eigenvalue weighted by Crippen LogP contribution is -2.21. The molecule has 2 heterocycles. The second kappa shape index (κ2) is 18.3. The molecule has 176 valence electrons. The average molecular weight is 584 g/mol. The van der Waals surface area contributed by atoms with Crippen molar-refractivity contribution in [2.75, 3.05) is 19.6 Å². The normalized spacial score (nSPS) is 9.62. The van der Waals surface area contributed by atoms with Crippen molar-refractivity contribution in [2.24, 2.45) is 0 Å². The van der Waals surface area contributed by atoms with E-state index in [0.29, 0.717) is 0 Å². The molecule has 32 heavy (non-hydrogen) atoms. The third-order valence-corrected chi connectivity index (χ3v) is 3.99. The van der Waals surface area contributed by atoms with Crippen molar-refractivity contribution >= 4 is 73.7 Å². The maximum absolute atomic E-state index is 10.7. The third kappa shape index (κ3) is 16.5.